The number of likely N-dealkylation sites (tertiary alicyclic amines) is 1. The molecule has 3 nitrogen and oxygen atoms in total. The van der Waals surface area contributed by atoms with Gasteiger partial charge in [0.1, 0.15) is 0 Å². The molecule has 0 aromatic carbocycles. The van der Waals surface area contributed by atoms with Crippen LogP contribution in [0.1, 0.15) is 53.4 Å². The van der Waals surface area contributed by atoms with Crippen molar-refractivity contribution in [1.82, 2.24) is 4.90 Å². The third-order valence-electron chi connectivity index (χ3n) is 3.90. The maximum atomic E-state index is 12.5. The molecule has 18 heavy (non-hydrogen) atoms. The van der Waals surface area contributed by atoms with Crippen LogP contribution in [0.5, 0.6) is 0 Å². The van der Waals surface area contributed by atoms with Gasteiger partial charge in [0.2, 0.25) is 5.91 Å². The molecule has 0 spiro atoms. The monoisotopic (exact) mass is 254 g/mol. The van der Waals surface area contributed by atoms with Crippen molar-refractivity contribution in [3.63, 3.8) is 0 Å². The van der Waals surface area contributed by atoms with Crippen molar-refractivity contribution < 1.29 is 4.79 Å². The van der Waals surface area contributed by atoms with Crippen molar-refractivity contribution in [1.29, 1.82) is 0 Å². The van der Waals surface area contributed by atoms with Gasteiger partial charge in [0.05, 0.1) is 5.92 Å². The Morgan fingerprint density at radius 3 is 2.61 bits per heavy atom. The molecule has 2 atom stereocenters. The van der Waals surface area contributed by atoms with Crippen LogP contribution in [-0.4, -0.2) is 30.4 Å². The van der Waals surface area contributed by atoms with Crippen LogP contribution in [0.25, 0.3) is 0 Å². The summed E-state index contributed by atoms with van der Waals surface area (Å²) < 4.78 is 0. The molecule has 1 heterocycles. The van der Waals surface area contributed by atoms with E-state index in [2.05, 4.69) is 32.6 Å². The van der Waals surface area contributed by atoms with Crippen LogP contribution in [0.4, 0.5) is 0 Å². The molecule has 0 bridgehead atoms. The van der Waals surface area contributed by atoms with E-state index in [-0.39, 0.29) is 17.2 Å². The Balaban J connectivity index is 2.60. The average Bonchev–Trinajstić information content (AvgIpc) is 2.34. The molecular weight excluding hydrogens is 224 g/mol. The first-order valence-corrected chi connectivity index (χ1v) is 7.36. The van der Waals surface area contributed by atoms with Crippen molar-refractivity contribution in [3.8, 4) is 0 Å². The SMILES string of the molecule is CCC1CCCN(C(=O)C(CN)CC(C)(C)C)C1. The molecule has 0 aliphatic carbocycles. The molecule has 1 rings (SSSR count). The van der Waals surface area contributed by atoms with Crippen molar-refractivity contribution in [2.75, 3.05) is 19.6 Å². The van der Waals surface area contributed by atoms with Gasteiger partial charge in [-0.2, -0.15) is 0 Å². The Morgan fingerprint density at radius 1 is 1.44 bits per heavy atom. The second kappa shape index (κ2) is 6.55. The summed E-state index contributed by atoms with van der Waals surface area (Å²) in [5, 5.41) is 0. The highest BCUT2D eigenvalue weighted by atomic mass is 16.2. The van der Waals surface area contributed by atoms with E-state index in [4.69, 9.17) is 5.73 Å². The molecule has 0 radical (unpaired) electrons. The summed E-state index contributed by atoms with van der Waals surface area (Å²) in [4.78, 5) is 14.6. The molecule has 1 aliphatic heterocycles. The van der Waals surface area contributed by atoms with Crippen LogP contribution in [0.3, 0.4) is 0 Å². The highest BCUT2D eigenvalue weighted by Gasteiger charge is 2.30. The van der Waals surface area contributed by atoms with Gasteiger partial charge in [-0.1, -0.05) is 34.1 Å². The molecule has 0 saturated carbocycles. The van der Waals surface area contributed by atoms with Crippen LogP contribution in [-0.2, 0) is 4.79 Å². The lowest BCUT2D eigenvalue weighted by atomic mass is 9.83. The average molecular weight is 254 g/mol. The fourth-order valence-electron chi connectivity index (χ4n) is 2.87. The summed E-state index contributed by atoms with van der Waals surface area (Å²) >= 11 is 0. The van der Waals surface area contributed by atoms with E-state index < -0.39 is 0 Å². The third-order valence-corrected chi connectivity index (χ3v) is 3.90. The first kappa shape index (κ1) is 15.5. The predicted octanol–water partition coefficient (Wildman–Crippen LogP) is 2.65. The number of rotatable bonds is 4. The van der Waals surface area contributed by atoms with E-state index in [1.165, 1.54) is 12.8 Å². The molecule has 2 N–H and O–H groups in total. The van der Waals surface area contributed by atoms with Crippen LogP contribution < -0.4 is 5.73 Å². The molecule has 1 aliphatic rings. The maximum absolute atomic E-state index is 12.5. The summed E-state index contributed by atoms with van der Waals surface area (Å²) in [5.74, 6) is 0.974. The number of nitrogens with two attached hydrogens (primary N) is 1. The highest BCUT2D eigenvalue weighted by molar-refractivity contribution is 5.79. The Hall–Kier alpha value is -0.570. The molecule has 1 fully saturated rings. The van der Waals surface area contributed by atoms with Gasteiger partial charge in [-0.05, 0) is 30.6 Å². The normalized spacial score (nSPS) is 22.9. The first-order valence-electron chi connectivity index (χ1n) is 7.36. The number of piperidine rings is 1. The minimum atomic E-state index is 0.000561. The Bertz CT molecular complexity index is 270. The molecule has 106 valence electrons. The zero-order chi connectivity index (χ0) is 13.8. The number of carbonyl (C=O) groups excluding carboxylic acids is 1. The van der Waals surface area contributed by atoms with E-state index in [9.17, 15) is 4.79 Å². The molecule has 2 unspecified atom stereocenters. The van der Waals surface area contributed by atoms with E-state index in [1.54, 1.807) is 0 Å². The summed E-state index contributed by atoms with van der Waals surface area (Å²) in [6, 6.07) is 0. The lowest BCUT2D eigenvalue weighted by molar-refractivity contribution is -0.138. The topological polar surface area (TPSA) is 46.3 Å². The van der Waals surface area contributed by atoms with E-state index in [1.807, 2.05) is 0 Å². The lowest BCUT2D eigenvalue weighted by Gasteiger charge is -2.35. The van der Waals surface area contributed by atoms with Crippen molar-refractivity contribution in [3.05, 3.63) is 0 Å². The smallest absolute Gasteiger partial charge is 0.226 e. The second-order valence-electron chi connectivity index (χ2n) is 6.90. The van der Waals surface area contributed by atoms with E-state index in [0.717, 1.165) is 25.9 Å². The third kappa shape index (κ3) is 4.60. The summed E-state index contributed by atoms with van der Waals surface area (Å²) in [5.41, 5.74) is 5.97. The number of hydrogen-bond donors (Lipinski definition) is 1. The van der Waals surface area contributed by atoms with Gasteiger partial charge >= 0.3 is 0 Å². The van der Waals surface area contributed by atoms with Crippen molar-refractivity contribution >= 4 is 5.91 Å². The predicted molar refractivity (Wildman–Crippen MR) is 76.2 cm³/mol. The minimum absolute atomic E-state index is 0.000561. The summed E-state index contributed by atoms with van der Waals surface area (Å²) in [6.07, 6.45) is 4.48. The Labute approximate surface area is 112 Å². The van der Waals surface area contributed by atoms with Crippen LogP contribution >= 0.6 is 0 Å². The number of hydrogen-bond acceptors (Lipinski definition) is 2. The van der Waals surface area contributed by atoms with Crippen LogP contribution in [0.15, 0.2) is 0 Å². The summed E-state index contributed by atoms with van der Waals surface area (Å²) in [7, 11) is 0. The highest BCUT2D eigenvalue weighted by Crippen LogP contribution is 2.27. The number of amides is 1. The molecule has 3 heteroatoms. The van der Waals surface area contributed by atoms with Gasteiger partial charge in [-0.25, -0.2) is 0 Å². The van der Waals surface area contributed by atoms with Gasteiger partial charge in [0.15, 0.2) is 0 Å². The Kier molecular flexibility index (Phi) is 5.64. The largest absolute Gasteiger partial charge is 0.342 e. The van der Waals surface area contributed by atoms with Gasteiger partial charge in [0, 0.05) is 19.6 Å². The summed E-state index contributed by atoms with van der Waals surface area (Å²) in [6.45, 7) is 11.1. The maximum Gasteiger partial charge on any atom is 0.226 e. The zero-order valence-electron chi connectivity index (χ0n) is 12.5. The quantitative estimate of drug-likeness (QED) is 0.838. The molecule has 0 aromatic rings. The fraction of sp³-hybridized carbons (Fsp3) is 0.933. The van der Waals surface area contributed by atoms with Crippen LogP contribution in [0.2, 0.25) is 0 Å². The van der Waals surface area contributed by atoms with Crippen molar-refractivity contribution in [2.45, 2.75) is 53.4 Å². The van der Waals surface area contributed by atoms with Crippen LogP contribution in [0, 0.1) is 17.3 Å². The van der Waals surface area contributed by atoms with Gasteiger partial charge in [0.25, 0.3) is 0 Å². The molecular formula is C15H30N2O. The second-order valence-corrected chi connectivity index (χ2v) is 6.90. The molecule has 0 aromatic heterocycles. The number of carbonyl (C=O) groups is 1. The lowest BCUT2D eigenvalue weighted by Crippen LogP contribution is -2.45. The van der Waals surface area contributed by atoms with Crippen molar-refractivity contribution in [2.24, 2.45) is 23.0 Å². The molecule has 1 saturated heterocycles. The van der Waals surface area contributed by atoms with E-state index in [0.29, 0.717) is 12.5 Å². The number of nitrogens with zero attached hydrogens (tertiary/aromatic N) is 1. The first-order chi connectivity index (χ1) is 8.37. The van der Waals surface area contributed by atoms with Gasteiger partial charge < -0.3 is 10.6 Å². The zero-order valence-corrected chi connectivity index (χ0v) is 12.5. The minimum Gasteiger partial charge on any atom is -0.342 e. The van der Waals surface area contributed by atoms with Gasteiger partial charge in [-0.15, -0.1) is 0 Å². The van der Waals surface area contributed by atoms with E-state index >= 15 is 0 Å². The Morgan fingerprint density at radius 2 is 2.11 bits per heavy atom. The standard InChI is InChI=1S/C15H30N2O/c1-5-12-7-6-8-17(11-12)14(18)13(10-16)9-15(2,3)4/h12-13H,5-11,16H2,1-4H3. The fourth-order valence-corrected chi connectivity index (χ4v) is 2.87. The molecule has 1 amide bonds. The van der Waals surface area contributed by atoms with Gasteiger partial charge in [-0.3, -0.25) is 4.79 Å².